The quantitative estimate of drug-likeness (QED) is 0.439. The van der Waals surface area contributed by atoms with E-state index in [1.165, 1.54) is 22.3 Å². The smallest absolute Gasteiger partial charge is 0.322 e. The number of carbonyl (C=O) groups excluding carboxylic acids is 2. The molecule has 0 spiro atoms. The fourth-order valence-corrected chi connectivity index (χ4v) is 4.96. The van der Waals surface area contributed by atoms with E-state index in [1.54, 1.807) is 17.5 Å². The van der Waals surface area contributed by atoms with Gasteiger partial charge in [-0.15, -0.1) is 11.3 Å². The number of hydrogen-bond acceptors (Lipinski definition) is 6. The molecule has 1 fully saturated rings. The lowest BCUT2D eigenvalue weighted by Gasteiger charge is -2.13. The molecule has 2 aromatic rings. The first-order valence-electron chi connectivity index (χ1n) is 9.02. The normalized spacial score (nSPS) is 15.0. The summed E-state index contributed by atoms with van der Waals surface area (Å²) < 4.78 is 27.0. The van der Waals surface area contributed by atoms with Gasteiger partial charge in [-0.25, -0.2) is 8.78 Å². The zero-order valence-electron chi connectivity index (χ0n) is 15.9. The molecular weight excluding hydrogens is 466 g/mol. The zero-order valence-corrected chi connectivity index (χ0v) is 18.3. The Balaban J connectivity index is 1.61. The Hall–Kier alpha value is -2.63. The Labute approximate surface area is 189 Å². The fraction of sp³-hybridized carbons (Fsp3) is 0.200. The summed E-state index contributed by atoms with van der Waals surface area (Å²) in [5.41, 5.74) is 1.24. The summed E-state index contributed by atoms with van der Waals surface area (Å²) in [7, 11) is 0. The average Bonchev–Trinajstić information content (AvgIpc) is 3.28. The highest BCUT2D eigenvalue weighted by Gasteiger charge is 2.31. The lowest BCUT2D eigenvalue weighted by Crippen LogP contribution is -2.32. The van der Waals surface area contributed by atoms with Crippen molar-refractivity contribution in [3.8, 4) is 11.1 Å². The largest absolute Gasteiger partial charge is 0.480 e. The van der Waals surface area contributed by atoms with E-state index in [4.69, 9.17) is 17.3 Å². The second-order valence-electron chi connectivity index (χ2n) is 6.47. The highest BCUT2D eigenvalue weighted by atomic mass is 32.2. The van der Waals surface area contributed by atoms with Gasteiger partial charge in [0.2, 0.25) is 5.91 Å². The van der Waals surface area contributed by atoms with Crippen LogP contribution in [0.5, 0.6) is 0 Å². The minimum atomic E-state index is -1.13. The number of nitrogens with one attached hydrogen (secondary N) is 1. The fourth-order valence-electron chi connectivity index (χ4n) is 2.74. The van der Waals surface area contributed by atoms with Crippen molar-refractivity contribution in [1.29, 1.82) is 0 Å². The summed E-state index contributed by atoms with van der Waals surface area (Å²) in [5.74, 6) is -3.66. The first-order chi connectivity index (χ1) is 14.7. The molecular formula is C20H16F2N2O4S3. The predicted octanol–water partition coefficient (Wildman–Crippen LogP) is 3.88. The minimum Gasteiger partial charge on any atom is -0.480 e. The van der Waals surface area contributed by atoms with Gasteiger partial charge in [0, 0.05) is 17.8 Å². The molecule has 11 heteroatoms. The maximum Gasteiger partial charge on any atom is 0.322 e. The number of carboxylic acids is 1. The lowest BCUT2D eigenvalue weighted by atomic mass is 10.1. The number of thiophene rings is 1. The summed E-state index contributed by atoms with van der Waals surface area (Å²) in [4.78, 5) is 37.3. The molecule has 0 radical (unpaired) electrons. The minimum absolute atomic E-state index is 0.0753. The topological polar surface area (TPSA) is 86.7 Å². The summed E-state index contributed by atoms with van der Waals surface area (Å²) in [5, 5.41) is 12.6. The van der Waals surface area contributed by atoms with Gasteiger partial charge in [0.15, 0.2) is 11.6 Å². The number of thiocarbonyl (C=S) groups is 1. The summed E-state index contributed by atoms with van der Waals surface area (Å²) in [6.45, 7) is -0.205. The Kier molecular flexibility index (Phi) is 7.52. The van der Waals surface area contributed by atoms with Gasteiger partial charge in [-0.3, -0.25) is 19.3 Å². The number of nitrogens with zero attached hydrogens (tertiary/aromatic N) is 1. The Morgan fingerprint density at radius 3 is 2.68 bits per heavy atom. The summed E-state index contributed by atoms with van der Waals surface area (Å²) in [6.07, 6.45) is 2.10. The van der Waals surface area contributed by atoms with Crippen LogP contribution in [0.3, 0.4) is 0 Å². The number of benzene rings is 1. The van der Waals surface area contributed by atoms with E-state index >= 15 is 0 Å². The van der Waals surface area contributed by atoms with E-state index in [9.17, 15) is 23.2 Å². The highest BCUT2D eigenvalue weighted by Crippen LogP contribution is 2.35. The van der Waals surface area contributed by atoms with E-state index in [2.05, 4.69) is 5.32 Å². The average molecular weight is 483 g/mol. The predicted molar refractivity (Wildman–Crippen MR) is 119 cm³/mol. The molecule has 0 aliphatic carbocycles. The number of carboxylic acid groups (broad SMARTS) is 1. The number of amides is 2. The molecule has 0 saturated carbocycles. The maximum absolute atomic E-state index is 13.5. The van der Waals surface area contributed by atoms with Gasteiger partial charge < -0.3 is 10.4 Å². The third-order valence-corrected chi connectivity index (χ3v) is 6.50. The monoisotopic (exact) mass is 482 g/mol. The second kappa shape index (κ2) is 10.1. The van der Waals surface area contributed by atoms with Crippen molar-refractivity contribution < 1.29 is 28.3 Å². The van der Waals surface area contributed by atoms with Crippen LogP contribution in [0.25, 0.3) is 17.2 Å². The van der Waals surface area contributed by atoms with Crippen LogP contribution in [0.2, 0.25) is 0 Å². The van der Waals surface area contributed by atoms with Crippen LogP contribution in [0.4, 0.5) is 8.78 Å². The molecule has 0 bridgehead atoms. The molecule has 162 valence electrons. The van der Waals surface area contributed by atoms with Crippen molar-refractivity contribution >= 4 is 63.5 Å². The number of thioether (sulfide) groups is 1. The van der Waals surface area contributed by atoms with Crippen LogP contribution < -0.4 is 5.32 Å². The summed E-state index contributed by atoms with van der Waals surface area (Å²) in [6, 6.07) is 5.44. The van der Waals surface area contributed by atoms with Crippen molar-refractivity contribution in [2.75, 3.05) is 13.1 Å². The molecule has 3 rings (SSSR count). The first-order valence-corrected chi connectivity index (χ1v) is 11.1. The number of carbonyl (C=O) groups is 3. The van der Waals surface area contributed by atoms with Crippen LogP contribution in [-0.4, -0.2) is 45.2 Å². The van der Waals surface area contributed by atoms with Crippen molar-refractivity contribution in [2.45, 2.75) is 12.8 Å². The number of rotatable bonds is 8. The van der Waals surface area contributed by atoms with Crippen LogP contribution >= 0.6 is 35.3 Å². The van der Waals surface area contributed by atoms with Crippen LogP contribution in [0, 0.1) is 11.6 Å². The van der Waals surface area contributed by atoms with Crippen LogP contribution in [0.1, 0.15) is 17.7 Å². The van der Waals surface area contributed by atoms with Gasteiger partial charge in [-0.2, -0.15) is 0 Å². The van der Waals surface area contributed by atoms with Crippen molar-refractivity contribution in [1.82, 2.24) is 10.2 Å². The number of halogens is 2. The molecule has 1 aliphatic rings. The van der Waals surface area contributed by atoms with Gasteiger partial charge in [0.05, 0.1) is 4.91 Å². The van der Waals surface area contributed by atoms with E-state index in [1.807, 2.05) is 0 Å². The zero-order chi connectivity index (χ0) is 22.5. The van der Waals surface area contributed by atoms with Gasteiger partial charge >= 0.3 is 5.97 Å². The van der Waals surface area contributed by atoms with E-state index in [0.717, 1.165) is 28.8 Å². The number of aliphatic carboxylic acids is 1. The molecule has 31 heavy (non-hydrogen) atoms. The molecule has 2 heterocycles. The van der Waals surface area contributed by atoms with E-state index in [0.29, 0.717) is 26.8 Å². The van der Waals surface area contributed by atoms with Gasteiger partial charge in [0.25, 0.3) is 5.91 Å². The van der Waals surface area contributed by atoms with E-state index < -0.39 is 30.1 Å². The molecule has 0 unspecified atom stereocenters. The standard InChI is InChI=1S/C20H16F2N2O4S3/c21-14-4-3-11(7-15(14)22)12-6-13(30-10-12)8-16-19(28)24(20(29)31-16)5-1-2-17(25)23-9-18(26)27/h3-4,6-8,10H,1-2,5,9H2,(H,23,25)(H,26,27). The molecule has 2 amide bonds. The molecule has 6 nitrogen and oxygen atoms in total. The Bertz CT molecular complexity index is 1080. The number of hydrogen-bond donors (Lipinski definition) is 2. The third kappa shape index (κ3) is 5.96. The van der Waals surface area contributed by atoms with Crippen molar-refractivity contribution in [2.24, 2.45) is 0 Å². The molecule has 2 N–H and O–H groups in total. The van der Waals surface area contributed by atoms with Crippen molar-refractivity contribution in [3.63, 3.8) is 0 Å². The van der Waals surface area contributed by atoms with Gasteiger partial charge in [-0.1, -0.05) is 30.0 Å². The van der Waals surface area contributed by atoms with Crippen LogP contribution in [-0.2, 0) is 14.4 Å². The highest BCUT2D eigenvalue weighted by molar-refractivity contribution is 8.26. The summed E-state index contributed by atoms with van der Waals surface area (Å²) >= 11 is 7.76. The SMILES string of the molecule is O=C(O)CNC(=O)CCCN1C(=O)C(=Cc2cc(-c3ccc(F)c(F)c3)cs2)SC1=S. The maximum atomic E-state index is 13.5. The Morgan fingerprint density at radius 1 is 1.19 bits per heavy atom. The Morgan fingerprint density at radius 2 is 1.97 bits per heavy atom. The molecule has 1 saturated heterocycles. The van der Waals surface area contributed by atoms with Crippen molar-refractivity contribution in [3.05, 3.63) is 51.1 Å². The lowest BCUT2D eigenvalue weighted by molar-refractivity contribution is -0.137. The van der Waals surface area contributed by atoms with Crippen LogP contribution in [0.15, 0.2) is 34.6 Å². The first kappa shape index (κ1) is 23.0. The van der Waals surface area contributed by atoms with E-state index in [-0.39, 0.29) is 18.9 Å². The molecule has 1 aliphatic heterocycles. The molecule has 0 atom stereocenters. The third-order valence-electron chi connectivity index (χ3n) is 4.24. The molecule has 1 aromatic heterocycles. The second-order valence-corrected chi connectivity index (χ2v) is 9.09. The van der Waals surface area contributed by atoms with Gasteiger partial charge in [0.1, 0.15) is 10.9 Å². The van der Waals surface area contributed by atoms with Gasteiger partial charge in [-0.05, 0) is 47.2 Å². The molecule has 1 aromatic carbocycles.